The van der Waals surface area contributed by atoms with Crippen molar-refractivity contribution in [1.29, 1.82) is 0 Å². The first-order valence-electron chi connectivity index (χ1n) is 10.7. The van der Waals surface area contributed by atoms with Crippen LogP contribution in [0.2, 0.25) is 0 Å². The third-order valence-electron chi connectivity index (χ3n) is 5.43. The molecule has 14 nitrogen and oxygen atoms in total. The number of hydrogen-bond donors (Lipinski definition) is 6. The topological polar surface area (TPSA) is 251 Å². The number of anilines is 2. The molecule has 0 aromatic heterocycles. The Hall–Kier alpha value is -4.64. The number of phenolic OH excluding ortho intramolecular Hbond substituents is 2. The van der Waals surface area contributed by atoms with E-state index in [-0.39, 0.29) is 39.2 Å². The predicted molar refractivity (Wildman–Crippen MR) is 142 cm³/mol. The van der Waals surface area contributed by atoms with E-state index < -0.39 is 47.2 Å². The summed E-state index contributed by atoms with van der Waals surface area (Å²) < 4.78 is 66.3. The van der Waals surface area contributed by atoms with Crippen molar-refractivity contribution in [3.8, 4) is 11.5 Å². The van der Waals surface area contributed by atoms with E-state index in [1.54, 1.807) is 6.92 Å². The number of nitrogen functional groups attached to an aromatic ring is 2. The fraction of sp³-hybridized carbons (Fsp3) is 0.0435. The van der Waals surface area contributed by atoms with Crippen LogP contribution in [0.4, 0.5) is 34.1 Å². The molecule has 4 rings (SSSR count). The van der Waals surface area contributed by atoms with Crippen LogP contribution in [-0.2, 0) is 20.2 Å². The molecule has 0 bridgehead atoms. The first-order chi connectivity index (χ1) is 18.1. The number of hydrogen-bond acceptors (Lipinski definition) is 12. The van der Waals surface area contributed by atoms with Gasteiger partial charge in [0.2, 0.25) is 0 Å². The molecule has 4 aromatic carbocycles. The predicted octanol–water partition coefficient (Wildman–Crippen LogP) is 5.05. The highest BCUT2D eigenvalue weighted by atomic mass is 32.2. The van der Waals surface area contributed by atoms with Crippen molar-refractivity contribution < 1.29 is 36.2 Å². The largest absolute Gasteiger partial charge is 0.506 e. The lowest BCUT2D eigenvalue weighted by Crippen LogP contribution is -1.99. The molecule has 39 heavy (non-hydrogen) atoms. The lowest BCUT2D eigenvalue weighted by Gasteiger charge is -2.09. The van der Waals surface area contributed by atoms with E-state index in [0.29, 0.717) is 5.56 Å². The summed E-state index contributed by atoms with van der Waals surface area (Å²) in [4.78, 5) is -1.29. The Bertz CT molecular complexity index is 1920. The SMILES string of the molecule is Cc1cc(N=Nc2c(S(=O)(=O)O)cc3ccc(N)cc3c2O)c(O)cc1N=Nc1ccc(N)cc1S(=O)(=O)O. The quantitative estimate of drug-likeness (QED) is 0.102. The standard InChI is InChI=1S/C23H20N6O8S2/c1-11-6-18(19(30)10-17(11)27-26-16-5-4-14(25)9-20(16)38(32,33)34)28-29-22-21(39(35,36)37)7-12-2-3-13(24)8-15(12)23(22)31/h2-10,30-31H,24-25H2,1H3,(H,32,33,34)(H,35,36,37). The van der Waals surface area contributed by atoms with E-state index in [1.807, 2.05) is 0 Å². The number of benzene rings is 4. The summed E-state index contributed by atoms with van der Waals surface area (Å²) >= 11 is 0. The zero-order valence-electron chi connectivity index (χ0n) is 19.9. The van der Waals surface area contributed by atoms with Gasteiger partial charge in [0.05, 0.1) is 5.69 Å². The van der Waals surface area contributed by atoms with Crippen LogP contribution in [0.25, 0.3) is 10.8 Å². The molecule has 0 fully saturated rings. The Morgan fingerprint density at radius 2 is 1.26 bits per heavy atom. The summed E-state index contributed by atoms with van der Waals surface area (Å²) in [7, 11) is -9.49. The highest BCUT2D eigenvalue weighted by Gasteiger charge is 2.22. The lowest BCUT2D eigenvalue weighted by molar-refractivity contribution is 0.471. The molecule has 0 aliphatic carbocycles. The summed E-state index contributed by atoms with van der Waals surface area (Å²) in [5.41, 5.74) is 11.2. The van der Waals surface area contributed by atoms with E-state index >= 15 is 0 Å². The summed E-state index contributed by atoms with van der Waals surface area (Å²) in [6.45, 7) is 1.55. The van der Waals surface area contributed by atoms with Crippen molar-refractivity contribution in [2.24, 2.45) is 20.5 Å². The Labute approximate surface area is 221 Å². The van der Waals surface area contributed by atoms with E-state index in [4.69, 9.17) is 11.5 Å². The maximum atomic E-state index is 12.0. The normalized spacial score (nSPS) is 12.6. The average Bonchev–Trinajstić information content (AvgIpc) is 2.83. The monoisotopic (exact) mass is 572 g/mol. The minimum Gasteiger partial charge on any atom is -0.506 e. The molecule has 8 N–H and O–H groups in total. The van der Waals surface area contributed by atoms with Crippen LogP contribution >= 0.6 is 0 Å². The van der Waals surface area contributed by atoms with Gasteiger partial charge in [0.1, 0.15) is 32.6 Å². The highest BCUT2D eigenvalue weighted by molar-refractivity contribution is 7.86. The molecule has 0 heterocycles. The second kappa shape index (κ2) is 9.91. The molecule has 0 radical (unpaired) electrons. The van der Waals surface area contributed by atoms with Gasteiger partial charge in [-0.1, -0.05) is 6.07 Å². The van der Waals surface area contributed by atoms with Gasteiger partial charge in [0.25, 0.3) is 20.2 Å². The van der Waals surface area contributed by atoms with Gasteiger partial charge in [0.15, 0.2) is 5.75 Å². The number of nitrogens with zero attached hydrogens (tertiary/aromatic N) is 4. The first kappa shape index (κ1) is 27.4. The molecule has 0 atom stereocenters. The van der Waals surface area contributed by atoms with Crippen molar-refractivity contribution in [1.82, 2.24) is 0 Å². The van der Waals surface area contributed by atoms with Crippen LogP contribution in [-0.4, -0.2) is 36.2 Å². The summed E-state index contributed by atoms with van der Waals surface area (Å²) in [6.07, 6.45) is 0. The van der Waals surface area contributed by atoms with Crippen molar-refractivity contribution in [3.05, 3.63) is 60.2 Å². The van der Waals surface area contributed by atoms with Gasteiger partial charge in [-0.15, -0.1) is 15.3 Å². The van der Waals surface area contributed by atoms with E-state index in [0.717, 1.165) is 18.2 Å². The minimum absolute atomic E-state index is 0.0724. The van der Waals surface area contributed by atoms with Crippen molar-refractivity contribution in [2.45, 2.75) is 16.7 Å². The summed E-state index contributed by atoms with van der Waals surface area (Å²) in [6, 6.07) is 11.4. The number of nitrogens with two attached hydrogens (primary N) is 2. The molecule has 0 aliphatic rings. The average molecular weight is 573 g/mol. The molecular formula is C23H20N6O8S2. The number of fused-ring (bicyclic) bond motifs is 1. The summed E-state index contributed by atoms with van der Waals surface area (Å²) in [5, 5.41) is 36.9. The van der Waals surface area contributed by atoms with Crippen LogP contribution in [0.3, 0.4) is 0 Å². The minimum atomic E-state index is -4.84. The second-order valence-electron chi connectivity index (χ2n) is 8.26. The number of azo groups is 2. The molecule has 0 saturated heterocycles. The van der Waals surface area contributed by atoms with Crippen LogP contribution < -0.4 is 11.5 Å². The second-order valence-corrected chi connectivity index (χ2v) is 11.0. The molecule has 0 spiro atoms. The van der Waals surface area contributed by atoms with E-state index in [9.17, 15) is 36.2 Å². The maximum absolute atomic E-state index is 12.0. The molecule has 16 heteroatoms. The number of aromatic hydroxyl groups is 2. The Kier molecular flexibility index (Phi) is 6.96. The zero-order chi connectivity index (χ0) is 28.7. The molecule has 202 valence electrons. The molecule has 0 saturated carbocycles. The Morgan fingerprint density at radius 3 is 1.92 bits per heavy atom. The molecule has 4 aromatic rings. The molecule has 0 aliphatic heterocycles. The van der Waals surface area contributed by atoms with Crippen molar-refractivity contribution in [2.75, 3.05) is 11.5 Å². The fourth-order valence-corrected chi connectivity index (χ4v) is 4.86. The fourth-order valence-electron chi connectivity index (χ4n) is 3.54. The van der Waals surface area contributed by atoms with Gasteiger partial charge in [-0.25, -0.2) is 0 Å². The zero-order valence-corrected chi connectivity index (χ0v) is 21.5. The number of phenols is 2. The van der Waals surface area contributed by atoms with Crippen molar-refractivity contribution in [3.63, 3.8) is 0 Å². The van der Waals surface area contributed by atoms with Gasteiger partial charge >= 0.3 is 0 Å². The Balaban J connectivity index is 1.75. The smallest absolute Gasteiger partial charge is 0.296 e. The third-order valence-corrected chi connectivity index (χ3v) is 7.18. The van der Waals surface area contributed by atoms with E-state index in [2.05, 4.69) is 20.5 Å². The van der Waals surface area contributed by atoms with Gasteiger partial charge < -0.3 is 21.7 Å². The van der Waals surface area contributed by atoms with Gasteiger partial charge in [-0.05, 0) is 60.3 Å². The first-order valence-corrected chi connectivity index (χ1v) is 13.6. The third kappa shape index (κ3) is 5.78. The molecule has 0 unspecified atom stereocenters. The van der Waals surface area contributed by atoms with Gasteiger partial charge in [0, 0.05) is 22.8 Å². The van der Waals surface area contributed by atoms with Gasteiger partial charge in [-0.3, -0.25) is 9.11 Å². The summed E-state index contributed by atoms with van der Waals surface area (Å²) in [5.74, 6) is -1.10. The number of rotatable bonds is 6. The lowest BCUT2D eigenvalue weighted by atomic mass is 10.1. The van der Waals surface area contributed by atoms with Crippen LogP contribution in [0.5, 0.6) is 11.5 Å². The van der Waals surface area contributed by atoms with Gasteiger partial charge in [-0.2, -0.15) is 21.9 Å². The number of aryl methyl sites for hydroxylation is 1. The van der Waals surface area contributed by atoms with Crippen LogP contribution in [0, 0.1) is 6.92 Å². The van der Waals surface area contributed by atoms with Crippen molar-refractivity contribution >= 4 is 65.1 Å². The maximum Gasteiger partial charge on any atom is 0.296 e. The van der Waals surface area contributed by atoms with Crippen LogP contribution in [0.1, 0.15) is 5.56 Å². The highest BCUT2D eigenvalue weighted by Crippen LogP contribution is 2.43. The molecular weight excluding hydrogens is 552 g/mol. The Morgan fingerprint density at radius 1 is 0.667 bits per heavy atom. The molecule has 0 amide bonds. The van der Waals surface area contributed by atoms with E-state index in [1.165, 1.54) is 36.4 Å². The van der Waals surface area contributed by atoms with Crippen LogP contribution in [0.15, 0.2) is 84.8 Å².